The van der Waals surface area contributed by atoms with Crippen molar-refractivity contribution >= 4 is 19.7 Å². The minimum atomic E-state index is -1.50. The molecule has 28 heavy (non-hydrogen) atoms. The Labute approximate surface area is 176 Å². The quantitative estimate of drug-likeness (QED) is 0.339. The molecule has 162 valence electrons. The number of nitrogens with zero attached hydrogens (tertiary/aromatic N) is 2. The minimum absolute atomic E-state index is 0.446. The van der Waals surface area contributed by atoms with E-state index in [2.05, 4.69) is 54.3 Å². The topological polar surface area (TPSA) is 34.0 Å². The fourth-order valence-electron chi connectivity index (χ4n) is 5.11. The highest BCUT2D eigenvalue weighted by Gasteiger charge is 2.30. The summed E-state index contributed by atoms with van der Waals surface area (Å²) >= 11 is 0. The van der Waals surface area contributed by atoms with Crippen LogP contribution in [0.4, 0.5) is 0 Å². The van der Waals surface area contributed by atoms with Gasteiger partial charge >= 0.3 is 0 Å². The summed E-state index contributed by atoms with van der Waals surface area (Å²) in [4.78, 5) is 10.6. The molecule has 2 rings (SSSR count). The molecule has 4 atom stereocenters. The Morgan fingerprint density at radius 2 is 1.21 bits per heavy atom. The zero-order valence-electron chi connectivity index (χ0n) is 19.9. The summed E-state index contributed by atoms with van der Waals surface area (Å²) in [6.45, 7) is 19.3. The second-order valence-electron chi connectivity index (χ2n) is 10.8. The van der Waals surface area contributed by atoms with Crippen LogP contribution in [0, 0.1) is 23.7 Å². The Morgan fingerprint density at radius 3 is 1.64 bits per heavy atom. The van der Waals surface area contributed by atoms with Crippen molar-refractivity contribution in [1.82, 2.24) is 0 Å². The minimum Gasteiger partial charge on any atom is -0.417 e. The lowest BCUT2D eigenvalue weighted by molar-refractivity contribution is 0.251. The van der Waals surface area contributed by atoms with Crippen LogP contribution in [0.3, 0.4) is 0 Å². The average Bonchev–Trinajstić information content (AvgIpc) is 2.59. The molecule has 3 nitrogen and oxygen atoms in total. The molecule has 2 aliphatic rings. The van der Waals surface area contributed by atoms with Crippen LogP contribution in [0.1, 0.15) is 79.6 Å². The molecular formula is C24H46N2OSi. The molecule has 0 bridgehead atoms. The first-order valence-corrected chi connectivity index (χ1v) is 15.2. The van der Waals surface area contributed by atoms with E-state index in [9.17, 15) is 0 Å². The Balaban J connectivity index is 2.23. The first kappa shape index (κ1) is 23.8. The molecule has 0 aliphatic heterocycles. The van der Waals surface area contributed by atoms with Crippen LogP contribution >= 0.6 is 0 Å². The second-order valence-corrected chi connectivity index (χ2v) is 15.3. The van der Waals surface area contributed by atoms with Gasteiger partial charge in [0.15, 0.2) is 8.32 Å². The molecular weight excluding hydrogens is 360 g/mol. The highest BCUT2D eigenvalue weighted by atomic mass is 28.4. The lowest BCUT2D eigenvalue weighted by Crippen LogP contribution is -2.33. The van der Waals surface area contributed by atoms with Gasteiger partial charge in [-0.2, -0.15) is 0 Å². The van der Waals surface area contributed by atoms with E-state index in [4.69, 9.17) is 14.4 Å². The van der Waals surface area contributed by atoms with Crippen LogP contribution in [-0.2, 0) is 4.43 Å². The zero-order chi connectivity index (χ0) is 20.9. The maximum atomic E-state index is 6.19. The van der Waals surface area contributed by atoms with Crippen molar-refractivity contribution in [3.05, 3.63) is 0 Å². The van der Waals surface area contributed by atoms with Crippen LogP contribution < -0.4 is 0 Å². The molecule has 2 fully saturated rings. The third-order valence-electron chi connectivity index (χ3n) is 6.91. The van der Waals surface area contributed by atoms with Gasteiger partial charge in [0.05, 0.1) is 23.5 Å². The largest absolute Gasteiger partial charge is 0.417 e. The van der Waals surface area contributed by atoms with Crippen molar-refractivity contribution < 1.29 is 4.43 Å². The van der Waals surface area contributed by atoms with E-state index in [1.807, 2.05) is 0 Å². The molecule has 4 unspecified atom stereocenters. The van der Waals surface area contributed by atoms with Gasteiger partial charge < -0.3 is 4.43 Å². The molecule has 0 heterocycles. The number of aliphatic imine (C=N–C) groups is 2. The van der Waals surface area contributed by atoms with E-state index in [1.165, 1.54) is 49.9 Å². The number of hydrogen-bond acceptors (Lipinski definition) is 3. The maximum Gasteiger partial charge on any atom is 0.183 e. The first-order chi connectivity index (χ1) is 13.1. The van der Waals surface area contributed by atoms with E-state index in [-0.39, 0.29) is 0 Å². The van der Waals surface area contributed by atoms with Gasteiger partial charge in [-0.3, -0.25) is 9.98 Å². The maximum absolute atomic E-state index is 6.19. The molecule has 0 N–H and O–H groups in total. The van der Waals surface area contributed by atoms with Crippen LogP contribution in [0.2, 0.25) is 19.6 Å². The van der Waals surface area contributed by atoms with Gasteiger partial charge in [0.2, 0.25) is 0 Å². The van der Waals surface area contributed by atoms with Gasteiger partial charge in [-0.15, -0.1) is 0 Å². The summed E-state index contributed by atoms with van der Waals surface area (Å²) in [6, 6.07) is 0.903. The van der Waals surface area contributed by atoms with Crippen LogP contribution in [-0.4, -0.2) is 38.4 Å². The smallest absolute Gasteiger partial charge is 0.183 e. The predicted molar refractivity (Wildman–Crippen MR) is 126 cm³/mol. The summed E-state index contributed by atoms with van der Waals surface area (Å²) in [7, 11) is -1.50. The lowest BCUT2D eigenvalue weighted by atomic mass is 9.78. The molecule has 0 spiro atoms. The molecule has 0 saturated heterocycles. The zero-order valence-corrected chi connectivity index (χ0v) is 20.9. The van der Waals surface area contributed by atoms with E-state index in [1.54, 1.807) is 0 Å². The molecule has 0 radical (unpaired) electrons. The van der Waals surface area contributed by atoms with E-state index < -0.39 is 8.32 Å². The Bertz CT molecular complexity index is 531. The summed E-state index contributed by atoms with van der Waals surface area (Å²) < 4.78 is 6.19. The summed E-state index contributed by atoms with van der Waals surface area (Å²) in [5.74, 6) is 2.73. The molecule has 0 aromatic rings. The number of rotatable bonds is 7. The highest BCUT2D eigenvalue weighted by Crippen LogP contribution is 2.33. The van der Waals surface area contributed by atoms with Gasteiger partial charge in [0.1, 0.15) is 0 Å². The predicted octanol–water partition coefficient (Wildman–Crippen LogP) is 6.78. The fraction of sp³-hybridized carbons (Fsp3) is 0.917. The molecule has 0 aromatic heterocycles. The third kappa shape index (κ3) is 7.09. The van der Waals surface area contributed by atoms with Gasteiger partial charge in [0, 0.05) is 13.0 Å². The van der Waals surface area contributed by atoms with Crippen LogP contribution in [0.25, 0.3) is 0 Å². The lowest BCUT2D eigenvalue weighted by Gasteiger charge is -2.33. The van der Waals surface area contributed by atoms with E-state index in [0.29, 0.717) is 35.8 Å². The average molecular weight is 407 g/mol. The normalized spacial score (nSPS) is 35.9. The SMILES string of the molecule is CC(=NC1C(C)CCCC1C)C(CCO[Si](C)(C)C)=NC1C(C)CCCC1C. The standard InChI is InChI=1S/C24H46N2OSi/c1-17-11-9-12-18(2)23(17)25-21(5)22(15-16-27-28(6,7)8)26-24-19(3)13-10-14-20(24)4/h17-20,23-24H,9-16H2,1-8H3. The van der Waals surface area contributed by atoms with Crippen LogP contribution in [0.5, 0.6) is 0 Å². The van der Waals surface area contributed by atoms with Gasteiger partial charge in [-0.05, 0) is 75.9 Å². The number of hydrogen-bond donors (Lipinski definition) is 0. The Kier molecular flexibility index (Phi) is 8.94. The van der Waals surface area contributed by atoms with Crippen molar-refractivity contribution in [2.75, 3.05) is 6.61 Å². The summed E-state index contributed by atoms with van der Waals surface area (Å²) in [6.07, 6.45) is 8.86. The second kappa shape index (κ2) is 10.5. The van der Waals surface area contributed by atoms with Gasteiger partial charge in [-0.25, -0.2) is 0 Å². The monoisotopic (exact) mass is 406 g/mol. The van der Waals surface area contributed by atoms with E-state index in [0.717, 1.165) is 13.0 Å². The van der Waals surface area contributed by atoms with Crippen LogP contribution in [0.15, 0.2) is 9.98 Å². The van der Waals surface area contributed by atoms with Crippen molar-refractivity contribution in [3.63, 3.8) is 0 Å². The molecule has 2 aliphatic carbocycles. The van der Waals surface area contributed by atoms with E-state index >= 15 is 0 Å². The van der Waals surface area contributed by atoms with Gasteiger partial charge in [-0.1, -0.05) is 40.5 Å². The summed E-state index contributed by atoms with van der Waals surface area (Å²) in [5, 5.41) is 0. The van der Waals surface area contributed by atoms with Gasteiger partial charge in [0.25, 0.3) is 0 Å². The van der Waals surface area contributed by atoms with Crippen molar-refractivity contribution in [2.24, 2.45) is 33.7 Å². The third-order valence-corrected chi connectivity index (χ3v) is 7.98. The summed E-state index contributed by atoms with van der Waals surface area (Å²) in [5.41, 5.74) is 2.39. The first-order valence-electron chi connectivity index (χ1n) is 11.8. The molecule has 0 aromatic carbocycles. The Hall–Kier alpha value is -0.483. The highest BCUT2D eigenvalue weighted by molar-refractivity contribution is 6.69. The molecule has 0 amide bonds. The molecule has 4 heteroatoms. The fourth-order valence-corrected chi connectivity index (χ4v) is 5.82. The van der Waals surface area contributed by atoms with Crippen molar-refractivity contribution in [1.29, 1.82) is 0 Å². The Morgan fingerprint density at radius 1 is 0.786 bits per heavy atom. The van der Waals surface area contributed by atoms with Crippen molar-refractivity contribution in [3.8, 4) is 0 Å². The molecule has 2 saturated carbocycles. The van der Waals surface area contributed by atoms with Crippen molar-refractivity contribution in [2.45, 2.75) is 111 Å².